The fourth-order valence-electron chi connectivity index (χ4n) is 1.76. The van der Waals surface area contributed by atoms with Gasteiger partial charge in [-0.05, 0) is 36.7 Å². The predicted octanol–water partition coefficient (Wildman–Crippen LogP) is 1.19. The van der Waals surface area contributed by atoms with Crippen LogP contribution in [0.25, 0.3) is 0 Å². The van der Waals surface area contributed by atoms with Crippen molar-refractivity contribution < 1.29 is 25.9 Å². The van der Waals surface area contributed by atoms with Crippen LogP contribution >= 0.6 is 11.6 Å². The molecule has 0 saturated carbocycles. The molecule has 0 fully saturated rings. The fraction of sp³-hybridized carbons (Fsp3) is 0.182. The van der Waals surface area contributed by atoms with Crippen LogP contribution in [0.2, 0.25) is 5.28 Å². The monoisotopic (exact) mass is 409 g/mol. The average Bonchev–Trinajstić information content (AvgIpc) is 2.44. The minimum Gasteiger partial charge on any atom is -0.354 e. The lowest BCUT2D eigenvalue weighted by Gasteiger charge is -2.11. The van der Waals surface area contributed by atoms with Crippen molar-refractivity contribution in [3.63, 3.8) is 0 Å². The van der Waals surface area contributed by atoms with E-state index in [4.69, 9.17) is 16.2 Å². The maximum absolute atomic E-state index is 11.5. The molecule has 1 heterocycles. The van der Waals surface area contributed by atoms with E-state index in [0.29, 0.717) is 6.54 Å². The van der Waals surface area contributed by atoms with Gasteiger partial charge in [-0.1, -0.05) is 0 Å². The summed E-state index contributed by atoms with van der Waals surface area (Å²) in [4.78, 5) is 10.2. The van der Waals surface area contributed by atoms with Gasteiger partial charge in [0.2, 0.25) is 17.2 Å². The number of benzene rings is 1. The van der Waals surface area contributed by atoms with Gasteiger partial charge in [-0.25, -0.2) is 0 Å². The third-order valence-electron chi connectivity index (χ3n) is 2.72. The first-order valence-corrected chi connectivity index (χ1v) is 9.78. The zero-order valence-corrected chi connectivity index (χ0v) is 14.9. The lowest BCUT2D eigenvalue weighted by Crippen LogP contribution is -2.10. The number of nitrogens with one attached hydrogen (secondary N) is 2. The summed E-state index contributed by atoms with van der Waals surface area (Å²) in [6, 6.07) is 2.41. The molecule has 0 atom stereocenters. The van der Waals surface area contributed by atoms with Crippen molar-refractivity contribution >= 4 is 49.4 Å². The Kier molecular flexibility index (Phi) is 5.43. The van der Waals surface area contributed by atoms with E-state index in [2.05, 4.69) is 25.6 Å². The number of hydrogen-bond acceptors (Lipinski definition) is 9. The van der Waals surface area contributed by atoms with Crippen LogP contribution in [0.3, 0.4) is 0 Å². The molecule has 25 heavy (non-hydrogen) atoms. The van der Waals surface area contributed by atoms with Gasteiger partial charge in [-0.2, -0.15) is 31.8 Å². The predicted molar refractivity (Wildman–Crippen MR) is 88.4 cm³/mol. The second kappa shape index (κ2) is 7.05. The number of aromatic nitrogens is 3. The van der Waals surface area contributed by atoms with Crippen molar-refractivity contribution in [3.05, 3.63) is 23.5 Å². The zero-order valence-electron chi connectivity index (χ0n) is 12.5. The molecule has 0 saturated heterocycles. The molecule has 14 heteroatoms. The lowest BCUT2D eigenvalue weighted by molar-refractivity contribution is 0.479. The number of nitrogens with zero attached hydrogens (tertiary/aromatic N) is 3. The van der Waals surface area contributed by atoms with Crippen LogP contribution < -0.4 is 10.6 Å². The Morgan fingerprint density at radius 2 is 1.68 bits per heavy atom. The summed E-state index contributed by atoms with van der Waals surface area (Å²) in [5.41, 5.74) is -0.387. The van der Waals surface area contributed by atoms with Crippen LogP contribution in [0.1, 0.15) is 6.92 Å². The van der Waals surface area contributed by atoms with Crippen molar-refractivity contribution in [2.75, 3.05) is 17.2 Å². The van der Waals surface area contributed by atoms with E-state index in [0.717, 1.165) is 18.2 Å². The highest BCUT2D eigenvalue weighted by atomic mass is 35.5. The van der Waals surface area contributed by atoms with Crippen molar-refractivity contribution in [1.29, 1.82) is 0 Å². The molecule has 0 bridgehead atoms. The molecular formula is C11H12ClN5O6S2. The number of rotatable bonds is 6. The van der Waals surface area contributed by atoms with Crippen LogP contribution in [-0.4, -0.2) is 47.4 Å². The van der Waals surface area contributed by atoms with Gasteiger partial charge in [0.05, 0.1) is 10.6 Å². The normalized spacial score (nSPS) is 12.0. The Labute approximate surface area is 148 Å². The molecule has 0 unspecified atom stereocenters. The molecule has 11 nitrogen and oxygen atoms in total. The quantitative estimate of drug-likeness (QED) is 0.505. The van der Waals surface area contributed by atoms with Gasteiger partial charge in [0.25, 0.3) is 20.2 Å². The Hall–Kier alpha value is -2.06. The molecule has 1 aromatic heterocycles. The summed E-state index contributed by atoms with van der Waals surface area (Å²) in [6.45, 7) is 2.24. The Bertz CT molecular complexity index is 1010. The first-order valence-electron chi connectivity index (χ1n) is 6.52. The molecule has 0 spiro atoms. The molecule has 2 aromatic rings. The molecule has 0 aliphatic carbocycles. The molecule has 0 aliphatic rings. The van der Waals surface area contributed by atoms with Crippen LogP contribution in [-0.2, 0) is 20.2 Å². The summed E-state index contributed by atoms with van der Waals surface area (Å²) in [7, 11) is -9.32. The second-order valence-corrected chi connectivity index (χ2v) is 7.66. The van der Waals surface area contributed by atoms with Crippen molar-refractivity contribution in [1.82, 2.24) is 15.0 Å². The van der Waals surface area contributed by atoms with E-state index >= 15 is 0 Å². The minimum absolute atomic E-state index is 0.0874. The minimum atomic E-state index is -4.71. The topological polar surface area (TPSA) is 171 Å². The highest BCUT2D eigenvalue weighted by molar-refractivity contribution is 7.86. The van der Waals surface area contributed by atoms with Gasteiger partial charge < -0.3 is 10.6 Å². The smallest absolute Gasteiger partial charge is 0.296 e. The molecule has 0 radical (unpaired) electrons. The first-order chi connectivity index (χ1) is 11.5. The van der Waals surface area contributed by atoms with Gasteiger partial charge in [0.15, 0.2) is 0 Å². The average molecular weight is 410 g/mol. The van der Waals surface area contributed by atoms with E-state index in [1.165, 1.54) is 0 Å². The Morgan fingerprint density at radius 1 is 1.04 bits per heavy atom. The van der Waals surface area contributed by atoms with Gasteiger partial charge >= 0.3 is 0 Å². The summed E-state index contributed by atoms with van der Waals surface area (Å²) in [5, 5.41) is 4.98. The van der Waals surface area contributed by atoms with Gasteiger partial charge in [0.1, 0.15) is 4.90 Å². The van der Waals surface area contributed by atoms with Crippen LogP contribution in [0, 0.1) is 0 Å². The molecule has 0 amide bonds. The third-order valence-corrected chi connectivity index (χ3v) is 4.65. The molecule has 0 aliphatic heterocycles. The summed E-state index contributed by atoms with van der Waals surface area (Å²) in [5.74, 6) is -0.127. The summed E-state index contributed by atoms with van der Waals surface area (Å²) >= 11 is 5.74. The van der Waals surface area contributed by atoms with Crippen LogP contribution in [0.4, 0.5) is 17.6 Å². The summed E-state index contributed by atoms with van der Waals surface area (Å²) < 4.78 is 63.7. The molecule has 2 rings (SSSR count). The van der Waals surface area contributed by atoms with Crippen LogP contribution in [0.5, 0.6) is 0 Å². The largest absolute Gasteiger partial charge is 0.354 e. The van der Waals surface area contributed by atoms with E-state index in [9.17, 15) is 21.4 Å². The lowest BCUT2D eigenvalue weighted by atomic mass is 10.3. The Morgan fingerprint density at radius 3 is 2.24 bits per heavy atom. The van der Waals surface area contributed by atoms with Crippen molar-refractivity contribution in [3.8, 4) is 0 Å². The molecule has 4 N–H and O–H groups in total. The van der Waals surface area contributed by atoms with Gasteiger partial charge in [-0.15, -0.1) is 0 Å². The van der Waals surface area contributed by atoms with E-state index in [1.807, 2.05) is 0 Å². The van der Waals surface area contributed by atoms with E-state index < -0.39 is 30.0 Å². The first kappa shape index (κ1) is 19.3. The molecular weight excluding hydrogens is 398 g/mol. The van der Waals surface area contributed by atoms with Gasteiger partial charge in [-0.3, -0.25) is 9.11 Å². The molecule has 136 valence electrons. The highest BCUT2D eigenvalue weighted by Gasteiger charge is 2.20. The molecule has 1 aromatic carbocycles. The van der Waals surface area contributed by atoms with E-state index in [1.54, 1.807) is 6.92 Å². The number of anilines is 3. The van der Waals surface area contributed by atoms with Gasteiger partial charge in [0, 0.05) is 6.54 Å². The number of halogens is 1. The SMILES string of the molecule is CCNc1nc(Cl)nc(Nc2cc(S(=O)(=O)O)ccc2S(=O)(=O)O)n1. The Balaban J connectivity index is 2.57. The maximum Gasteiger partial charge on any atom is 0.296 e. The van der Waals surface area contributed by atoms with Crippen LogP contribution in [0.15, 0.2) is 28.0 Å². The van der Waals surface area contributed by atoms with Crippen molar-refractivity contribution in [2.24, 2.45) is 0 Å². The van der Waals surface area contributed by atoms with E-state index in [-0.39, 0.29) is 22.9 Å². The summed E-state index contributed by atoms with van der Waals surface area (Å²) in [6.07, 6.45) is 0. The fourth-order valence-corrected chi connectivity index (χ4v) is 3.05. The highest BCUT2D eigenvalue weighted by Crippen LogP contribution is 2.27. The third kappa shape index (κ3) is 4.96. The number of hydrogen-bond donors (Lipinski definition) is 4. The second-order valence-electron chi connectivity index (χ2n) is 4.52. The van der Waals surface area contributed by atoms with Crippen molar-refractivity contribution in [2.45, 2.75) is 16.7 Å². The maximum atomic E-state index is 11.5. The zero-order chi connectivity index (χ0) is 18.8. The standard InChI is InChI=1S/C11H12ClN5O6S2/c1-2-13-10-15-9(12)16-11(17-10)14-7-5-6(24(18,19)20)3-4-8(7)25(21,22)23/h3-5H,2H2,1H3,(H,18,19,20)(H,21,22,23)(H2,13,14,15,16,17).